The van der Waals surface area contributed by atoms with Crippen LogP contribution in [0.4, 0.5) is 5.69 Å². The van der Waals surface area contributed by atoms with Crippen LogP contribution in [-0.2, 0) is 11.3 Å². The van der Waals surface area contributed by atoms with Gasteiger partial charge in [0, 0.05) is 44.3 Å². The van der Waals surface area contributed by atoms with Gasteiger partial charge in [-0.1, -0.05) is 12.1 Å². The molecule has 0 saturated carbocycles. The molecule has 1 atom stereocenters. The maximum absolute atomic E-state index is 12.9. The van der Waals surface area contributed by atoms with E-state index in [0.29, 0.717) is 6.79 Å². The molecule has 7 nitrogen and oxygen atoms in total. The van der Waals surface area contributed by atoms with Gasteiger partial charge in [-0.15, -0.1) is 0 Å². The summed E-state index contributed by atoms with van der Waals surface area (Å²) in [6.07, 6.45) is 1.76. The average molecular weight is 418 g/mol. The van der Waals surface area contributed by atoms with Crippen molar-refractivity contribution in [3.8, 4) is 11.5 Å². The van der Waals surface area contributed by atoms with E-state index in [2.05, 4.69) is 32.2 Å². The van der Waals surface area contributed by atoms with Crippen molar-refractivity contribution in [2.75, 3.05) is 38.3 Å². The highest BCUT2D eigenvalue weighted by Gasteiger charge is 2.26. The summed E-state index contributed by atoms with van der Waals surface area (Å²) in [4.78, 5) is 21.9. The number of carbonyl (C=O) groups excluding carboxylic acids is 1. The van der Waals surface area contributed by atoms with E-state index in [1.165, 1.54) is 5.56 Å². The van der Waals surface area contributed by atoms with Gasteiger partial charge in [0.15, 0.2) is 11.5 Å². The minimum atomic E-state index is -0.195. The van der Waals surface area contributed by atoms with E-state index in [0.717, 1.165) is 60.8 Å². The fourth-order valence-corrected chi connectivity index (χ4v) is 4.22. The minimum Gasteiger partial charge on any atom is -0.454 e. The Kier molecular flexibility index (Phi) is 5.44. The van der Waals surface area contributed by atoms with Crippen LogP contribution in [0.2, 0.25) is 0 Å². The average Bonchev–Trinajstić information content (AvgIpc) is 3.27. The molecule has 1 N–H and O–H groups in total. The topological polar surface area (TPSA) is 66.9 Å². The summed E-state index contributed by atoms with van der Waals surface area (Å²) in [6.45, 7) is 6.70. The highest BCUT2D eigenvalue weighted by atomic mass is 16.7. The van der Waals surface area contributed by atoms with Gasteiger partial charge in [0.1, 0.15) is 0 Å². The number of benzene rings is 2. The van der Waals surface area contributed by atoms with Gasteiger partial charge in [-0.3, -0.25) is 19.6 Å². The van der Waals surface area contributed by atoms with E-state index in [1.54, 1.807) is 6.20 Å². The Morgan fingerprint density at radius 1 is 1.06 bits per heavy atom. The van der Waals surface area contributed by atoms with E-state index >= 15 is 0 Å². The second kappa shape index (κ2) is 8.53. The smallest absolute Gasteiger partial charge is 0.241 e. The summed E-state index contributed by atoms with van der Waals surface area (Å²) < 4.78 is 10.9. The molecule has 1 fully saturated rings. The number of amides is 1. The Bertz CT molecular complexity index is 1090. The number of nitrogens with one attached hydrogen (secondary N) is 1. The summed E-state index contributed by atoms with van der Waals surface area (Å²) in [7, 11) is 0. The lowest BCUT2D eigenvalue weighted by Crippen LogP contribution is -2.52. The van der Waals surface area contributed by atoms with Crippen molar-refractivity contribution < 1.29 is 14.3 Å². The SMILES string of the molecule is CC(C(=O)Nc1cccc2ncccc12)N1CCN(Cc2ccc3c(c2)OCO3)CC1. The van der Waals surface area contributed by atoms with Crippen molar-refractivity contribution in [1.82, 2.24) is 14.8 Å². The van der Waals surface area contributed by atoms with Gasteiger partial charge < -0.3 is 14.8 Å². The number of hydrogen-bond acceptors (Lipinski definition) is 6. The van der Waals surface area contributed by atoms with Crippen molar-refractivity contribution in [2.45, 2.75) is 19.5 Å². The molecular weight excluding hydrogens is 392 g/mol. The summed E-state index contributed by atoms with van der Waals surface area (Å²) >= 11 is 0. The fourth-order valence-electron chi connectivity index (χ4n) is 4.22. The van der Waals surface area contributed by atoms with Crippen LogP contribution in [0.5, 0.6) is 11.5 Å². The number of nitrogens with zero attached hydrogens (tertiary/aromatic N) is 3. The summed E-state index contributed by atoms with van der Waals surface area (Å²) in [6, 6.07) is 15.6. The van der Waals surface area contributed by atoms with Gasteiger partial charge in [-0.2, -0.15) is 0 Å². The molecule has 0 spiro atoms. The van der Waals surface area contributed by atoms with Crippen LogP contribution < -0.4 is 14.8 Å². The molecular formula is C24H26N4O3. The number of ether oxygens (including phenoxy) is 2. The third-order valence-corrected chi connectivity index (χ3v) is 6.08. The molecule has 3 aromatic rings. The van der Waals surface area contributed by atoms with Crippen LogP contribution in [0.15, 0.2) is 54.7 Å². The van der Waals surface area contributed by atoms with Crippen LogP contribution in [0.1, 0.15) is 12.5 Å². The molecule has 1 amide bonds. The normalized spacial score (nSPS) is 17.6. The summed E-state index contributed by atoms with van der Waals surface area (Å²) in [5.41, 5.74) is 2.90. The Labute approximate surface area is 181 Å². The first-order valence-corrected chi connectivity index (χ1v) is 10.7. The number of carbonyl (C=O) groups is 1. The molecule has 7 heteroatoms. The Morgan fingerprint density at radius 3 is 2.77 bits per heavy atom. The molecule has 160 valence electrons. The Balaban J connectivity index is 1.17. The zero-order valence-electron chi connectivity index (χ0n) is 17.6. The lowest BCUT2D eigenvalue weighted by molar-refractivity contribution is -0.121. The third-order valence-electron chi connectivity index (χ3n) is 6.08. The van der Waals surface area contributed by atoms with Crippen molar-refractivity contribution >= 4 is 22.5 Å². The molecule has 5 rings (SSSR count). The van der Waals surface area contributed by atoms with Crippen molar-refractivity contribution in [2.24, 2.45) is 0 Å². The second-order valence-corrected chi connectivity index (χ2v) is 8.04. The van der Waals surface area contributed by atoms with Gasteiger partial charge in [0.25, 0.3) is 0 Å². The van der Waals surface area contributed by atoms with Gasteiger partial charge in [-0.05, 0) is 48.9 Å². The van der Waals surface area contributed by atoms with Crippen LogP contribution in [0.3, 0.4) is 0 Å². The Morgan fingerprint density at radius 2 is 1.90 bits per heavy atom. The highest BCUT2D eigenvalue weighted by Crippen LogP contribution is 2.33. The molecule has 1 aromatic heterocycles. The molecule has 2 aromatic carbocycles. The Hall–Kier alpha value is -3.16. The van der Waals surface area contributed by atoms with Gasteiger partial charge >= 0.3 is 0 Å². The van der Waals surface area contributed by atoms with E-state index in [9.17, 15) is 4.79 Å². The number of hydrogen-bond donors (Lipinski definition) is 1. The molecule has 2 aliphatic heterocycles. The first-order valence-electron chi connectivity index (χ1n) is 10.7. The number of aromatic nitrogens is 1. The molecule has 0 bridgehead atoms. The molecule has 0 radical (unpaired) electrons. The number of piperazine rings is 1. The first-order chi connectivity index (χ1) is 15.2. The van der Waals surface area contributed by atoms with Gasteiger partial charge in [0.05, 0.1) is 17.2 Å². The molecule has 31 heavy (non-hydrogen) atoms. The lowest BCUT2D eigenvalue weighted by Gasteiger charge is -2.37. The number of anilines is 1. The maximum atomic E-state index is 12.9. The number of rotatable bonds is 5. The van der Waals surface area contributed by atoms with Crippen LogP contribution in [0, 0.1) is 0 Å². The van der Waals surface area contributed by atoms with Gasteiger partial charge in [-0.25, -0.2) is 0 Å². The van der Waals surface area contributed by atoms with Crippen molar-refractivity contribution in [3.05, 3.63) is 60.3 Å². The third kappa shape index (κ3) is 4.19. The zero-order chi connectivity index (χ0) is 21.2. The van der Waals surface area contributed by atoms with E-state index in [1.807, 2.05) is 43.3 Å². The fraction of sp³-hybridized carbons (Fsp3) is 0.333. The highest BCUT2D eigenvalue weighted by molar-refractivity contribution is 6.02. The van der Waals surface area contributed by atoms with E-state index in [4.69, 9.17) is 9.47 Å². The van der Waals surface area contributed by atoms with E-state index < -0.39 is 0 Å². The quantitative estimate of drug-likeness (QED) is 0.687. The minimum absolute atomic E-state index is 0.0144. The summed E-state index contributed by atoms with van der Waals surface area (Å²) in [5.74, 6) is 1.65. The van der Waals surface area contributed by atoms with Crippen LogP contribution in [-0.4, -0.2) is 59.7 Å². The largest absolute Gasteiger partial charge is 0.454 e. The monoisotopic (exact) mass is 418 g/mol. The standard InChI is InChI=1S/C24H26N4O3/c1-17(24(29)26-21-6-2-5-20-19(21)4-3-9-25-20)28-12-10-27(11-13-28)15-18-7-8-22-23(14-18)31-16-30-22/h2-9,14,17H,10-13,15-16H2,1H3,(H,26,29). The predicted octanol–water partition coefficient (Wildman–Crippen LogP) is 3.11. The van der Waals surface area contributed by atoms with Gasteiger partial charge in [0.2, 0.25) is 12.7 Å². The molecule has 3 heterocycles. The lowest BCUT2D eigenvalue weighted by atomic mass is 10.1. The van der Waals surface area contributed by atoms with E-state index in [-0.39, 0.29) is 11.9 Å². The molecule has 2 aliphatic rings. The molecule has 1 unspecified atom stereocenters. The van der Waals surface area contributed by atoms with Crippen LogP contribution in [0.25, 0.3) is 10.9 Å². The van der Waals surface area contributed by atoms with Crippen LogP contribution >= 0.6 is 0 Å². The predicted molar refractivity (Wildman–Crippen MR) is 119 cm³/mol. The number of pyridine rings is 1. The first kappa shape index (κ1) is 19.8. The zero-order valence-corrected chi connectivity index (χ0v) is 17.6. The molecule has 1 saturated heterocycles. The van der Waals surface area contributed by atoms with Crippen molar-refractivity contribution in [3.63, 3.8) is 0 Å². The number of fused-ring (bicyclic) bond motifs is 2. The second-order valence-electron chi connectivity index (χ2n) is 8.04. The van der Waals surface area contributed by atoms with Crippen molar-refractivity contribution in [1.29, 1.82) is 0 Å². The summed E-state index contributed by atoms with van der Waals surface area (Å²) in [5, 5.41) is 4.05. The molecule has 0 aliphatic carbocycles. The maximum Gasteiger partial charge on any atom is 0.241 e.